The third kappa shape index (κ3) is 1.00. The Kier molecular flexibility index (Phi) is 1.56. The first-order valence-electron chi connectivity index (χ1n) is 3.41. The SMILES string of the molecule is NC1NC2CC=CC=C2S1. The molecule has 0 aromatic heterocycles. The average molecular weight is 154 g/mol. The number of rotatable bonds is 0. The molecule has 10 heavy (non-hydrogen) atoms. The van der Waals surface area contributed by atoms with Crippen molar-refractivity contribution in [3.63, 3.8) is 0 Å². The van der Waals surface area contributed by atoms with Crippen molar-refractivity contribution >= 4 is 11.8 Å². The molecule has 0 saturated carbocycles. The van der Waals surface area contributed by atoms with Crippen molar-refractivity contribution in [2.24, 2.45) is 5.73 Å². The Bertz CT molecular complexity index is 198. The van der Waals surface area contributed by atoms with Crippen LogP contribution in [0.4, 0.5) is 0 Å². The highest BCUT2D eigenvalue weighted by molar-refractivity contribution is 8.03. The average Bonchev–Trinajstić information content (AvgIpc) is 2.27. The highest BCUT2D eigenvalue weighted by Crippen LogP contribution is 2.32. The van der Waals surface area contributed by atoms with E-state index in [1.165, 1.54) is 4.91 Å². The van der Waals surface area contributed by atoms with Gasteiger partial charge in [-0.15, -0.1) is 0 Å². The van der Waals surface area contributed by atoms with Gasteiger partial charge in [0.15, 0.2) is 0 Å². The van der Waals surface area contributed by atoms with Gasteiger partial charge in [-0.3, -0.25) is 5.32 Å². The molecule has 3 heteroatoms. The fourth-order valence-electron chi connectivity index (χ4n) is 1.26. The highest BCUT2D eigenvalue weighted by Gasteiger charge is 2.26. The molecule has 2 nitrogen and oxygen atoms in total. The summed E-state index contributed by atoms with van der Waals surface area (Å²) in [6.45, 7) is 0. The maximum atomic E-state index is 5.68. The number of allylic oxidation sites excluding steroid dienone is 2. The molecular weight excluding hydrogens is 144 g/mol. The molecule has 0 radical (unpaired) electrons. The topological polar surface area (TPSA) is 38.0 Å². The van der Waals surface area contributed by atoms with E-state index in [-0.39, 0.29) is 5.50 Å². The molecule has 2 atom stereocenters. The number of nitrogens with two attached hydrogens (primary N) is 1. The van der Waals surface area contributed by atoms with Crippen molar-refractivity contribution in [3.8, 4) is 0 Å². The van der Waals surface area contributed by atoms with Crippen LogP contribution in [0.15, 0.2) is 23.1 Å². The van der Waals surface area contributed by atoms with E-state index in [9.17, 15) is 0 Å². The second-order valence-electron chi connectivity index (χ2n) is 2.49. The molecule has 1 aliphatic heterocycles. The van der Waals surface area contributed by atoms with E-state index in [1.807, 2.05) is 0 Å². The zero-order valence-electron chi connectivity index (χ0n) is 5.58. The van der Waals surface area contributed by atoms with E-state index >= 15 is 0 Å². The van der Waals surface area contributed by atoms with Crippen LogP contribution in [0.1, 0.15) is 6.42 Å². The molecule has 1 fully saturated rings. The summed E-state index contributed by atoms with van der Waals surface area (Å²) >= 11 is 1.73. The third-order valence-corrected chi connectivity index (χ3v) is 2.82. The summed E-state index contributed by atoms with van der Waals surface area (Å²) < 4.78 is 0. The molecule has 1 saturated heterocycles. The third-order valence-electron chi connectivity index (χ3n) is 1.74. The summed E-state index contributed by atoms with van der Waals surface area (Å²) in [6, 6.07) is 0.505. The zero-order valence-corrected chi connectivity index (χ0v) is 6.40. The van der Waals surface area contributed by atoms with Gasteiger partial charge in [-0.05, 0) is 6.42 Å². The summed E-state index contributed by atoms with van der Waals surface area (Å²) in [5.74, 6) is 0. The van der Waals surface area contributed by atoms with Gasteiger partial charge in [0.25, 0.3) is 0 Å². The molecule has 2 unspecified atom stereocenters. The number of hydrogen-bond acceptors (Lipinski definition) is 3. The molecule has 3 N–H and O–H groups in total. The first-order chi connectivity index (χ1) is 4.86. The predicted octanol–water partition coefficient (Wildman–Crippen LogP) is 0.778. The van der Waals surface area contributed by atoms with Crippen molar-refractivity contribution in [2.45, 2.75) is 18.0 Å². The van der Waals surface area contributed by atoms with Crippen LogP contribution in [0.5, 0.6) is 0 Å². The van der Waals surface area contributed by atoms with Crippen molar-refractivity contribution in [1.29, 1.82) is 0 Å². The molecule has 0 amide bonds. The quantitative estimate of drug-likeness (QED) is 0.541. The van der Waals surface area contributed by atoms with Gasteiger partial charge >= 0.3 is 0 Å². The summed E-state index contributed by atoms with van der Waals surface area (Å²) in [6.07, 6.45) is 7.49. The van der Waals surface area contributed by atoms with Crippen LogP contribution in [0.3, 0.4) is 0 Å². The lowest BCUT2D eigenvalue weighted by atomic mass is 10.1. The zero-order chi connectivity index (χ0) is 6.97. The second kappa shape index (κ2) is 2.42. The van der Waals surface area contributed by atoms with Gasteiger partial charge in [0, 0.05) is 10.9 Å². The van der Waals surface area contributed by atoms with Crippen LogP contribution in [0.25, 0.3) is 0 Å². The summed E-state index contributed by atoms with van der Waals surface area (Å²) in [5.41, 5.74) is 5.79. The number of thioether (sulfide) groups is 1. The monoisotopic (exact) mass is 154 g/mol. The standard InChI is InChI=1S/C7H10N2S/c8-7-9-5-3-1-2-4-6(5)10-7/h1-2,4-5,7,9H,3,8H2. The van der Waals surface area contributed by atoms with Crippen molar-refractivity contribution < 1.29 is 0 Å². The number of fused-ring (bicyclic) bond motifs is 1. The van der Waals surface area contributed by atoms with Gasteiger partial charge in [0.1, 0.15) is 5.50 Å². The summed E-state index contributed by atoms with van der Waals surface area (Å²) in [4.78, 5) is 1.38. The Labute approximate surface area is 64.6 Å². The Hall–Kier alpha value is -0.250. The van der Waals surface area contributed by atoms with Crippen molar-refractivity contribution in [2.75, 3.05) is 0 Å². The molecule has 0 spiro atoms. The lowest BCUT2D eigenvalue weighted by molar-refractivity contribution is 0.599. The van der Waals surface area contributed by atoms with E-state index in [1.54, 1.807) is 11.8 Å². The predicted molar refractivity (Wildman–Crippen MR) is 44.3 cm³/mol. The van der Waals surface area contributed by atoms with Gasteiger partial charge in [0.2, 0.25) is 0 Å². The fraction of sp³-hybridized carbons (Fsp3) is 0.429. The van der Waals surface area contributed by atoms with Crippen LogP contribution in [0, 0.1) is 0 Å². The molecule has 2 aliphatic rings. The van der Waals surface area contributed by atoms with Gasteiger partial charge in [-0.25, -0.2) is 0 Å². The van der Waals surface area contributed by atoms with E-state index in [0.29, 0.717) is 6.04 Å². The van der Waals surface area contributed by atoms with E-state index < -0.39 is 0 Å². The summed E-state index contributed by atoms with van der Waals surface area (Å²) in [7, 11) is 0. The van der Waals surface area contributed by atoms with Gasteiger partial charge in [-0.1, -0.05) is 30.0 Å². The Balaban J connectivity index is 2.18. The van der Waals surface area contributed by atoms with Gasteiger partial charge in [-0.2, -0.15) is 0 Å². The number of nitrogens with one attached hydrogen (secondary N) is 1. The van der Waals surface area contributed by atoms with E-state index in [2.05, 4.69) is 23.5 Å². The second-order valence-corrected chi connectivity index (χ2v) is 3.71. The Morgan fingerprint density at radius 1 is 1.70 bits per heavy atom. The van der Waals surface area contributed by atoms with E-state index in [4.69, 9.17) is 5.73 Å². The molecular formula is C7H10N2S. The smallest absolute Gasteiger partial charge is 0.108 e. The summed E-state index contributed by atoms with van der Waals surface area (Å²) in [5, 5.41) is 3.28. The van der Waals surface area contributed by atoms with E-state index in [0.717, 1.165) is 6.42 Å². The van der Waals surface area contributed by atoms with Crippen LogP contribution >= 0.6 is 11.8 Å². The molecule has 54 valence electrons. The fourth-order valence-corrected chi connectivity index (χ4v) is 2.27. The minimum atomic E-state index is 0.108. The Morgan fingerprint density at radius 3 is 3.40 bits per heavy atom. The molecule has 0 aromatic carbocycles. The first kappa shape index (κ1) is 6.46. The van der Waals surface area contributed by atoms with Crippen LogP contribution in [-0.2, 0) is 0 Å². The highest BCUT2D eigenvalue weighted by atomic mass is 32.2. The van der Waals surface area contributed by atoms with Gasteiger partial charge in [0.05, 0.1) is 0 Å². The molecule has 1 aliphatic carbocycles. The van der Waals surface area contributed by atoms with Gasteiger partial charge < -0.3 is 5.73 Å². The maximum Gasteiger partial charge on any atom is 0.108 e. The molecule has 0 aromatic rings. The number of hydrogen-bond donors (Lipinski definition) is 2. The Morgan fingerprint density at radius 2 is 2.60 bits per heavy atom. The van der Waals surface area contributed by atoms with Crippen LogP contribution < -0.4 is 11.1 Å². The lowest BCUT2D eigenvalue weighted by Gasteiger charge is -2.10. The van der Waals surface area contributed by atoms with Crippen molar-refractivity contribution in [1.82, 2.24) is 5.32 Å². The minimum absolute atomic E-state index is 0.108. The largest absolute Gasteiger partial charge is 0.307 e. The molecule has 2 rings (SSSR count). The normalized spacial score (nSPS) is 37.5. The maximum absolute atomic E-state index is 5.68. The molecule has 1 heterocycles. The molecule has 0 bridgehead atoms. The van der Waals surface area contributed by atoms with Crippen LogP contribution in [-0.4, -0.2) is 11.5 Å². The first-order valence-corrected chi connectivity index (χ1v) is 4.29. The lowest BCUT2D eigenvalue weighted by Crippen LogP contribution is -2.34. The van der Waals surface area contributed by atoms with Crippen molar-refractivity contribution in [3.05, 3.63) is 23.1 Å². The van der Waals surface area contributed by atoms with Crippen LogP contribution in [0.2, 0.25) is 0 Å². The minimum Gasteiger partial charge on any atom is -0.307 e.